The summed E-state index contributed by atoms with van der Waals surface area (Å²) in [6.07, 6.45) is -0.395. The second-order valence-corrected chi connectivity index (χ2v) is 5.17. The summed E-state index contributed by atoms with van der Waals surface area (Å²) in [5, 5.41) is 18.1. The van der Waals surface area contributed by atoms with Crippen LogP contribution in [0.4, 0.5) is 0 Å². The van der Waals surface area contributed by atoms with E-state index in [2.05, 4.69) is 0 Å². The fraction of sp³-hybridized carbons (Fsp3) is 0.889. The molecule has 78 valence electrons. The van der Waals surface area contributed by atoms with Gasteiger partial charge in [0.1, 0.15) is 0 Å². The van der Waals surface area contributed by atoms with Gasteiger partial charge in [0, 0.05) is 10.5 Å². The average molecular weight is 206 g/mol. The summed E-state index contributed by atoms with van der Waals surface area (Å²) in [5.41, 5.74) is 0. The molecule has 2 N–H and O–H groups in total. The Morgan fingerprint density at radius 2 is 1.62 bits per heavy atom. The standard InChI is InChI=1S/C9H18O3S/c1-5(9(11)12)7(3)13-8(4)6(2)10/h5-8,10H,1-4H3,(H,11,12). The lowest BCUT2D eigenvalue weighted by Crippen LogP contribution is -2.25. The Balaban J connectivity index is 3.99. The molecule has 0 bridgehead atoms. The highest BCUT2D eigenvalue weighted by Gasteiger charge is 2.23. The van der Waals surface area contributed by atoms with Crippen LogP contribution in [0, 0.1) is 5.92 Å². The third-order valence-electron chi connectivity index (χ3n) is 2.20. The topological polar surface area (TPSA) is 57.5 Å². The predicted molar refractivity (Wildman–Crippen MR) is 55.0 cm³/mol. The van der Waals surface area contributed by atoms with Crippen molar-refractivity contribution < 1.29 is 15.0 Å². The molecule has 0 spiro atoms. The summed E-state index contributed by atoms with van der Waals surface area (Å²) in [6, 6.07) is 0. The molecule has 0 aromatic carbocycles. The second-order valence-electron chi connectivity index (χ2n) is 3.41. The van der Waals surface area contributed by atoms with Gasteiger partial charge in [-0.15, -0.1) is 0 Å². The van der Waals surface area contributed by atoms with Crippen molar-refractivity contribution in [3.63, 3.8) is 0 Å². The Bertz CT molecular complexity index is 170. The molecule has 0 saturated heterocycles. The van der Waals surface area contributed by atoms with Crippen LogP contribution in [0.15, 0.2) is 0 Å². The number of hydrogen-bond acceptors (Lipinski definition) is 3. The fourth-order valence-electron chi connectivity index (χ4n) is 0.771. The predicted octanol–water partition coefficient (Wildman–Crippen LogP) is 1.60. The van der Waals surface area contributed by atoms with Crippen LogP contribution in [0.5, 0.6) is 0 Å². The summed E-state index contributed by atoms with van der Waals surface area (Å²) >= 11 is 1.51. The summed E-state index contributed by atoms with van der Waals surface area (Å²) in [4.78, 5) is 10.6. The van der Waals surface area contributed by atoms with Gasteiger partial charge in [-0.1, -0.05) is 20.8 Å². The lowest BCUT2D eigenvalue weighted by molar-refractivity contribution is -0.140. The van der Waals surface area contributed by atoms with Gasteiger partial charge in [-0.05, 0) is 6.92 Å². The van der Waals surface area contributed by atoms with Crippen molar-refractivity contribution in [2.45, 2.75) is 44.3 Å². The smallest absolute Gasteiger partial charge is 0.307 e. The van der Waals surface area contributed by atoms with Crippen molar-refractivity contribution in [1.29, 1.82) is 0 Å². The molecule has 0 fully saturated rings. The Hall–Kier alpha value is -0.220. The number of carboxylic acid groups (broad SMARTS) is 1. The Morgan fingerprint density at radius 1 is 1.15 bits per heavy atom. The van der Waals surface area contributed by atoms with Crippen molar-refractivity contribution in [3.8, 4) is 0 Å². The Morgan fingerprint density at radius 3 is 1.92 bits per heavy atom. The van der Waals surface area contributed by atoms with E-state index in [0.717, 1.165) is 0 Å². The SMILES string of the molecule is CC(O)C(C)SC(C)C(C)C(=O)O. The van der Waals surface area contributed by atoms with Crippen LogP contribution in [0.1, 0.15) is 27.7 Å². The first-order chi connectivity index (χ1) is 5.86. The van der Waals surface area contributed by atoms with Gasteiger partial charge in [0.2, 0.25) is 0 Å². The van der Waals surface area contributed by atoms with E-state index in [9.17, 15) is 9.90 Å². The van der Waals surface area contributed by atoms with Crippen LogP contribution in [0.25, 0.3) is 0 Å². The third kappa shape index (κ3) is 4.52. The fourth-order valence-corrected chi connectivity index (χ4v) is 2.03. The number of aliphatic carboxylic acids is 1. The van der Waals surface area contributed by atoms with Gasteiger partial charge < -0.3 is 10.2 Å². The van der Waals surface area contributed by atoms with E-state index in [1.54, 1.807) is 13.8 Å². The highest BCUT2D eigenvalue weighted by atomic mass is 32.2. The molecule has 0 aliphatic rings. The molecular weight excluding hydrogens is 188 g/mol. The van der Waals surface area contributed by atoms with Crippen LogP contribution >= 0.6 is 11.8 Å². The number of thioether (sulfide) groups is 1. The maximum atomic E-state index is 10.6. The summed E-state index contributed by atoms with van der Waals surface area (Å²) in [7, 11) is 0. The minimum Gasteiger partial charge on any atom is -0.481 e. The largest absolute Gasteiger partial charge is 0.481 e. The number of rotatable bonds is 5. The summed E-state index contributed by atoms with van der Waals surface area (Å²) in [5.74, 6) is -1.15. The number of carboxylic acids is 1. The molecule has 0 aromatic rings. The molecule has 4 atom stereocenters. The minimum atomic E-state index is -0.780. The van der Waals surface area contributed by atoms with Gasteiger partial charge in [-0.3, -0.25) is 4.79 Å². The minimum absolute atomic E-state index is 0.0297. The molecule has 0 amide bonds. The van der Waals surface area contributed by atoms with Gasteiger partial charge in [-0.25, -0.2) is 0 Å². The highest BCUT2D eigenvalue weighted by molar-refractivity contribution is 8.00. The molecule has 0 aliphatic heterocycles. The van der Waals surface area contributed by atoms with E-state index in [4.69, 9.17) is 5.11 Å². The number of carbonyl (C=O) groups is 1. The van der Waals surface area contributed by atoms with Gasteiger partial charge in [0.05, 0.1) is 12.0 Å². The molecule has 4 heteroatoms. The van der Waals surface area contributed by atoms with Gasteiger partial charge >= 0.3 is 5.97 Å². The first-order valence-corrected chi connectivity index (χ1v) is 5.36. The molecule has 0 aliphatic carbocycles. The molecule has 0 heterocycles. The molecule has 4 unspecified atom stereocenters. The van der Waals surface area contributed by atoms with Gasteiger partial charge in [0.25, 0.3) is 0 Å². The van der Waals surface area contributed by atoms with E-state index in [1.165, 1.54) is 11.8 Å². The molecular formula is C9H18O3S. The molecule has 13 heavy (non-hydrogen) atoms. The van der Waals surface area contributed by atoms with E-state index < -0.39 is 12.1 Å². The van der Waals surface area contributed by atoms with E-state index in [-0.39, 0.29) is 16.4 Å². The monoisotopic (exact) mass is 206 g/mol. The average Bonchev–Trinajstić information content (AvgIpc) is 2.02. The van der Waals surface area contributed by atoms with E-state index in [0.29, 0.717) is 0 Å². The lowest BCUT2D eigenvalue weighted by Gasteiger charge is -2.21. The highest BCUT2D eigenvalue weighted by Crippen LogP contribution is 2.25. The Kier molecular flexibility index (Phi) is 5.40. The normalized spacial score (nSPS) is 20.4. The maximum Gasteiger partial charge on any atom is 0.307 e. The van der Waals surface area contributed by atoms with Crippen molar-refractivity contribution in [2.24, 2.45) is 5.92 Å². The third-order valence-corrected chi connectivity index (χ3v) is 3.86. The van der Waals surface area contributed by atoms with Gasteiger partial charge in [0.15, 0.2) is 0 Å². The van der Waals surface area contributed by atoms with Crippen LogP contribution in [0.2, 0.25) is 0 Å². The van der Waals surface area contributed by atoms with Crippen molar-refractivity contribution in [3.05, 3.63) is 0 Å². The van der Waals surface area contributed by atoms with Crippen molar-refractivity contribution in [2.75, 3.05) is 0 Å². The van der Waals surface area contributed by atoms with Crippen molar-refractivity contribution in [1.82, 2.24) is 0 Å². The zero-order valence-electron chi connectivity index (χ0n) is 8.52. The summed E-state index contributed by atoms with van der Waals surface area (Å²) in [6.45, 7) is 7.19. The van der Waals surface area contributed by atoms with Crippen LogP contribution in [-0.2, 0) is 4.79 Å². The molecule has 0 aromatic heterocycles. The van der Waals surface area contributed by atoms with Crippen molar-refractivity contribution >= 4 is 17.7 Å². The second kappa shape index (κ2) is 5.50. The lowest BCUT2D eigenvalue weighted by atomic mass is 10.1. The molecule has 0 rings (SSSR count). The molecule has 0 saturated carbocycles. The molecule has 3 nitrogen and oxygen atoms in total. The Labute approximate surface area is 83.5 Å². The van der Waals surface area contributed by atoms with E-state index >= 15 is 0 Å². The van der Waals surface area contributed by atoms with Gasteiger partial charge in [-0.2, -0.15) is 11.8 Å². The number of aliphatic hydroxyl groups excluding tert-OH is 1. The van der Waals surface area contributed by atoms with Crippen LogP contribution in [0.3, 0.4) is 0 Å². The quantitative estimate of drug-likeness (QED) is 0.717. The van der Waals surface area contributed by atoms with Crippen LogP contribution < -0.4 is 0 Å². The van der Waals surface area contributed by atoms with Crippen LogP contribution in [-0.4, -0.2) is 32.8 Å². The number of aliphatic hydroxyl groups is 1. The first kappa shape index (κ1) is 12.8. The molecule has 0 radical (unpaired) electrons. The zero-order chi connectivity index (χ0) is 10.6. The van der Waals surface area contributed by atoms with E-state index in [1.807, 2.05) is 13.8 Å². The zero-order valence-corrected chi connectivity index (χ0v) is 9.34. The first-order valence-electron chi connectivity index (χ1n) is 4.42. The summed E-state index contributed by atoms with van der Waals surface area (Å²) < 4.78 is 0. The maximum absolute atomic E-state index is 10.6. The number of hydrogen-bond donors (Lipinski definition) is 2.